The van der Waals surface area contributed by atoms with Gasteiger partial charge in [-0.05, 0) is 50.8 Å². The molecule has 1 aromatic carbocycles. The fourth-order valence-electron chi connectivity index (χ4n) is 2.79. The number of hydrogen-bond acceptors (Lipinski definition) is 2. The van der Waals surface area contributed by atoms with Crippen LogP contribution in [-0.4, -0.2) is 29.6 Å². The monoisotopic (exact) mass is 303 g/mol. The highest BCUT2D eigenvalue weighted by atomic mass is 19.1. The van der Waals surface area contributed by atoms with Crippen LogP contribution in [0.5, 0.6) is 0 Å². The molecule has 0 unspecified atom stereocenters. The molecule has 1 aliphatic heterocycles. The first-order chi connectivity index (χ1) is 10.4. The molecule has 1 saturated heterocycles. The number of carbonyl (C=O) groups is 1. The summed E-state index contributed by atoms with van der Waals surface area (Å²) in [5.74, 6) is -0.332. The molecule has 1 aromatic rings. The number of benzene rings is 1. The minimum absolute atomic E-state index is 0.0697. The number of piperidine rings is 1. The maximum absolute atomic E-state index is 12.9. The summed E-state index contributed by atoms with van der Waals surface area (Å²) in [6.07, 6.45) is 2.35. The molecule has 2 rings (SSSR count). The van der Waals surface area contributed by atoms with Crippen molar-refractivity contribution >= 4 is 6.03 Å². The maximum atomic E-state index is 12.9. The lowest BCUT2D eigenvalue weighted by Gasteiger charge is -2.34. The molecule has 5 heteroatoms. The summed E-state index contributed by atoms with van der Waals surface area (Å²) in [7, 11) is 0. The highest BCUT2D eigenvalue weighted by molar-refractivity contribution is 5.75. The van der Waals surface area contributed by atoms with E-state index in [1.165, 1.54) is 12.1 Å². The Bertz CT molecular complexity index is 562. The number of amides is 2. The summed E-state index contributed by atoms with van der Waals surface area (Å²) < 4.78 is 12.9. The predicted octanol–water partition coefficient (Wildman–Crippen LogP) is 3.09. The van der Waals surface area contributed by atoms with Crippen LogP contribution in [0.2, 0.25) is 0 Å². The van der Waals surface area contributed by atoms with E-state index in [2.05, 4.69) is 11.4 Å². The second kappa shape index (κ2) is 6.78. The summed E-state index contributed by atoms with van der Waals surface area (Å²) >= 11 is 0. The lowest BCUT2D eigenvalue weighted by molar-refractivity contribution is 0.166. The number of nitriles is 1. The van der Waals surface area contributed by atoms with E-state index < -0.39 is 5.54 Å². The first kappa shape index (κ1) is 16.3. The number of carbonyl (C=O) groups excluding carboxylic acids is 1. The second-order valence-electron chi connectivity index (χ2n) is 6.53. The van der Waals surface area contributed by atoms with Gasteiger partial charge in [0, 0.05) is 18.6 Å². The molecule has 0 aromatic heterocycles. The molecule has 1 atom stereocenters. The molecule has 0 bridgehead atoms. The highest BCUT2D eigenvalue weighted by Gasteiger charge is 2.27. The summed E-state index contributed by atoms with van der Waals surface area (Å²) in [5, 5.41) is 12.0. The molecule has 0 saturated carbocycles. The van der Waals surface area contributed by atoms with Gasteiger partial charge in [0.2, 0.25) is 0 Å². The zero-order valence-corrected chi connectivity index (χ0v) is 13.1. The Morgan fingerprint density at radius 3 is 2.77 bits per heavy atom. The number of nitrogens with zero attached hydrogens (tertiary/aromatic N) is 2. The van der Waals surface area contributed by atoms with Gasteiger partial charge in [0.15, 0.2) is 0 Å². The van der Waals surface area contributed by atoms with Crippen molar-refractivity contribution in [3.8, 4) is 6.07 Å². The number of rotatable bonds is 3. The van der Waals surface area contributed by atoms with E-state index in [9.17, 15) is 9.18 Å². The smallest absolute Gasteiger partial charge is 0.317 e. The van der Waals surface area contributed by atoms with E-state index in [0.717, 1.165) is 18.4 Å². The fourth-order valence-corrected chi connectivity index (χ4v) is 2.79. The van der Waals surface area contributed by atoms with E-state index in [1.807, 2.05) is 13.8 Å². The summed E-state index contributed by atoms with van der Waals surface area (Å²) in [5.41, 5.74) is 0.536. The van der Waals surface area contributed by atoms with E-state index >= 15 is 0 Å². The third-order valence-corrected chi connectivity index (χ3v) is 3.90. The first-order valence-corrected chi connectivity index (χ1v) is 7.61. The lowest BCUT2D eigenvalue weighted by atomic mass is 9.95. The Labute approximate surface area is 130 Å². The van der Waals surface area contributed by atoms with Gasteiger partial charge in [0.1, 0.15) is 5.82 Å². The Balaban J connectivity index is 1.94. The van der Waals surface area contributed by atoms with Gasteiger partial charge < -0.3 is 10.2 Å². The van der Waals surface area contributed by atoms with E-state index in [0.29, 0.717) is 19.5 Å². The first-order valence-electron chi connectivity index (χ1n) is 7.61. The molecule has 1 aliphatic rings. The molecule has 1 heterocycles. The Morgan fingerprint density at radius 1 is 1.45 bits per heavy atom. The van der Waals surface area contributed by atoms with Crippen LogP contribution in [0.25, 0.3) is 0 Å². The third kappa shape index (κ3) is 4.45. The normalized spacial score (nSPS) is 18.6. The van der Waals surface area contributed by atoms with Crippen molar-refractivity contribution in [1.82, 2.24) is 10.2 Å². The summed E-state index contributed by atoms with van der Waals surface area (Å²) in [4.78, 5) is 14.1. The quantitative estimate of drug-likeness (QED) is 0.933. The third-order valence-electron chi connectivity index (χ3n) is 3.90. The van der Waals surface area contributed by atoms with Gasteiger partial charge in [-0.25, -0.2) is 9.18 Å². The van der Waals surface area contributed by atoms with Crippen LogP contribution in [0, 0.1) is 23.1 Å². The van der Waals surface area contributed by atoms with Gasteiger partial charge in [0.25, 0.3) is 0 Å². The average Bonchev–Trinajstić information content (AvgIpc) is 2.49. The molecular weight excluding hydrogens is 281 g/mol. The van der Waals surface area contributed by atoms with Gasteiger partial charge >= 0.3 is 6.03 Å². The Kier molecular flexibility index (Phi) is 5.02. The second-order valence-corrected chi connectivity index (χ2v) is 6.53. The lowest BCUT2D eigenvalue weighted by Crippen LogP contribution is -2.53. The summed E-state index contributed by atoms with van der Waals surface area (Å²) in [6, 6.07) is 8.42. The van der Waals surface area contributed by atoms with Gasteiger partial charge in [-0.2, -0.15) is 5.26 Å². The zero-order valence-electron chi connectivity index (χ0n) is 13.1. The number of nitrogens with one attached hydrogen (secondary N) is 1. The van der Waals surface area contributed by atoms with Crippen LogP contribution in [0.1, 0.15) is 32.3 Å². The zero-order chi connectivity index (χ0) is 16.2. The number of urea groups is 1. The topological polar surface area (TPSA) is 56.1 Å². The molecule has 1 fully saturated rings. The molecule has 0 spiro atoms. The highest BCUT2D eigenvalue weighted by Crippen LogP contribution is 2.18. The minimum atomic E-state index is -0.436. The van der Waals surface area contributed by atoms with Gasteiger partial charge in [-0.15, -0.1) is 0 Å². The average molecular weight is 303 g/mol. The van der Waals surface area contributed by atoms with Crippen molar-refractivity contribution in [2.24, 2.45) is 5.92 Å². The Morgan fingerprint density at radius 2 is 2.14 bits per heavy atom. The van der Waals surface area contributed by atoms with Crippen LogP contribution < -0.4 is 5.32 Å². The molecule has 4 nitrogen and oxygen atoms in total. The molecule has 118 valence electrons. The predicted molar refractivity (Wildman–Crippen MR) is 82.6 cm³/mol. The largest absolute Gasteiger partial charge is 0.333 e. The fraction of sp³-hybridized carbons (Fsp3) is 0.529. The van der Waals surface area contributed by atoms with Crippen LogP contribution in [0.15, 0.2) is 24.3 Å². The van der Waals surface area contributed by atoms with Crippen molar-refractivity contribution in [2.45, 2.75) is 38.6 Å². The molecular formula is C17H22FN3O. The molecule has 0 radical (unpaired) electrons. The number of hydrogen-bond donors (Lipinski definition) is 1. The van der Waals surface area contributed by atoms with Crippen molar-refractivity contribution in [1.29, 1.82) is 5.26 Å². The Hall–Kier alpha value is -2.09. The van der Waals surface area contributed by atoms with Crippen molar-refractivity contribution in [3.05, 3.63) is 35.6 Å². The number of halogens is 1. The van der Waals surface area contributed by atoms with Crippen LogP contribution in [-0.2, 0) is 6.42 Å². The van der Waals surface area contributed by atoms with Crippen LogP contribution in [0.3, 0.4) is 0 Å². The van der Waals surface area contributed by atoms with E-state index in [4.69, 9.17) is 5.26 Å². The molecule has 2 amide bonds. The van der Waals surface area contributed by atoms with Gasteiger partial charge in [0.05, 0.1) is 12.0 Å². The molecule has 0 aliphatic carbocycles. The summed E-state index contributed by atoms with van der Waals surface area (Å²) in [6.45, 7) is 5.07. The number of likely N-dealkylation sites (tertiary alicyclic amines) is 1. The van der Waals surface area contributed by atoms with Gasteiger partial charge in [-0.3, -0.25) is 0 Å². The molecule has 1 N–H and O–H groups in total. The van der Waals surface area contributed by atoms with E-state index in [1.54, 1.807) is 17.0 Å². The maximum Gasteiger partial charge on any atom is 0.317 e. The van der Waals surface area contributed by atoms with E-state index in [-0.39, 0.29) is 17.8 Å². The van der Waals surface area contributed by atoms with Crippen molar-refractivity contribution in [3.63, 3.8) is 0 Å². The van der Waals surface area contributed by atoms with Crippen molar-refractivity contribution < 1.29 is 9.18 Å². The SMILES string of the molecule is CC(C)(Cc1ccc(F)cc1)NC(=O)N1CCC[C@@H](C#N)C1. The minimum Gasteiger partial charge on any atom is -0.333 e. The van der Waals surface area contributed by atoms with Gasteiger partial charge in [-0.1, -0.05) is 12.1 Å². The van der Waals surface area contributed by atoms with Crippen molar-refractivity contribution in [2.75, 3.05) is 13.1 Å². The molecule has 22 heavy (non-hydrogen) atoms. The standard InChI is InChI=1S/C17H22FN3O/c1-17(2,10-13-5-7-15(18)8-6-13)20-16(22)21-9-3-4-14(11-19)12-21/h5-8,14H,3-4,9-10,12H2,1-2H3,(H,20,22)/t14-/m0/s1. The van der Waals surface area contributed by atoms with Crippen LogP contribution in [0.4, 0.5) is 9.18 Å². The van der Waals surface area contributed by atoms with Crippen LogP contribution >= 0.6 is 0 Å².